The number of carbonyl (C=O) groups excluding carboxylic acids is 1. The monoisotopic (exact) mass is 353 g/mol. The zero-order valence-corrected chi connectivity index (χ0v) is 14.4. The molecule has 1 N–H and O–H groups in total. The summed E-state index contributed by atoms with van der Waals surface area (Å²) in [6, 6.07) is 10.5. The van der Waals surface area contributed by atoms with Crippen molar-refractivity contribution in [1.29, 1.82) is 0 Å². The van der Waals surface area contributed by atoms with E-state index in [1.54, 1.807) is 37.4 Å². The third kappa shape index (κ3) is 4.78. The van der Waals surface area contributed by atoms with Crippen LogP contribution in [-0.2, 0) is 11.2 Å². The second-order valence-electron chi connectivity index (χ2n) is 4.85. The first-order valence-corrected chi connectivity index (χ1v) is 7.75. The summed E-state index contributed by atoms with van der Waals surface area (Å²) >= 11 is 12.0. The van der Waals surface area contributed by atoms with Crippen molar-refractivity contribution in [1.82, 2.24) is 0 Å². The van der Waals surface area contributed by atoms with Crippen LogP contribution in [0.4, 0.5) is 5.69 Å². The summed E-state index contributed by atoms with van der Waals surface area (Å²) in [5.74, 6) is 1.08. The molecule has 0 atom stereocenters. The van der Waals surface area contributed by atoms with Crippen molar-refractivity contribution in [2.45, 2.75) is 12.8 Å². The summed E-state index contributed by atoms with van der Waals surface area (Å²) < 4.78 is 10.4. The van der Waals surface area contributed by atoms with Gasteiger partial charge in [0.25, 0.3) is 0 Å². The first-order valence-electron chi connectivity index (χ1n) is 6.99. The topological polar surface area (TPSA) is 47.6 Å². The molecule has 0 aromatic heterocycles. The maximum absolute atomic E-state index is 12.1. The number of hydrogen-bond donors (Lipinski definition) is 1. The van der Waals surface area contributed by atoms with Gasteiger partial charge in [-0.15, -0.1) is 0 Å². The van der Waals surface area contributed by atoms with E-state index in [0.29, 0.717) is 40.1 Å². The number of ether oxygens (including phenoxy) is 2. The lowest BCUT2D eigenvalue weighted by Crippen LogP contribution is -2.13. The minimum absolute atomic E-state index is 0.125. The van der Waals surface area contributed by atoms with Crippen molar-refractivity contribution in [3.8, 4) is 11.5 Å². The number of aryl methyl sites for hydroxylation is 1. The Morgan fingerprint density at radius 3 is 2.52 bits per heavy atom. The van der Waals surface area contributed by atoms with Crippen LogP contribution in [0.15, 0.2) is 36.4 Å². The summed E-state index contributed by atoms with van der Waals surface area (Å²) in [5.41, 5.74) is 1.48. The normalized spacial score (nSPS) is 10.3. The van der Waals surface area contributed by atoms with Gasteiger partial charge >= 0.3 is 0 Å². The minimum Gasteiger partial charge on any atom is -0.497 e. The van der Waals surface area contributed by atoms with Crippen molar-refractivity contribution in [2.75, 3.05) is 19.5 Å². The highest BCUT2D eigenvalue weighted by atomic mass is 35.5. The molecule has 0 heterocycles. The molecule has 0 saturated heterocycles. The van der Waals surface area contributed by atoms with Crippen LogP contribution < -0.4 is 14.8 Å². The number of carbonyl (C=O) groups is 1. The van der Waals surface area contributed by atoms with Crippen LogP contribution >= 0.6 is 23.2 Å². The summed E-state index contributed by atoms with van der Waals surface area (Å²) in [5, 5.41) is 3.96. The first kappa shape index (κ1) is 17.4. The van der Waals surface area contributed by atoms with Crippen molar-refractivity contribution in [2.24, 2.45) is 0 Å². The highest BCUT2D eigenvalue weighted by Crippen LogP contribution is 2.29. The van der Waals surface area contributed by atoms with Gasteiger partial charge in [-0.2, -0.15) is 0 Å². The average molecular weight is 354 g/mol. The fourth-order valence-corrected chi connectivity index (χ4v) is 2.59. The molecule has 1 amide bonds. The van der Waals surface area contributed by atoms with Crippen molar-refractivity contribution >= 4 is 34.8 Å². The molecule has 0 radical (unpaired) electrons. The number of anilines is 1. The Hall–Kier alpha value is -1.91. The van der Waals surface area contributed by atoms with Gasteiger partial charge in [0.05, 0.1) is 19.9 Å². The molecule has 23 heavy (non-hydrogen) atoms. The van der Waals surface area contributed by atoms with Crippen LogP contribution in [0.3, 0.4) is 0 Å². The Kier molecular flexibility index (Phi) is 6.13. The predicted octanol–water partition coefficient (Wildman–Crippen LogP) is 4.58. The van der Waals surface area contributed by atoms with Gasteiger partial charge in [0.15, 0.2) is 0 Å². The Balaban J connectivity index is 1.99. The quantitative estimate of drug-likeness (QED) is 0.826. The van der Waals surface area contributed by atoms with Gasteiger partial charge < -0.3 is 14.8 Å². The van der Waals surface area contributed by atoms with E-state index in [4.69, 9.17) is 32.7 Å². The third-order valence-corrected chi connectivity index (χ3v) is 3.91. The van der Waals surface area contributed by atoms with Crippen LogP contribution in [0.2, 0.25) is 10.0 Å². The molecule has 0 saturated carbocycles. The Morgan fingerprint density at radius 1 is 1.09 bits per heavy atom. The Bertz CT molecular complexity index is 704. The lowest BCUT2D eigenvalue weighted by Gasteiger charge is -2.12. The molecule has 0 fully saturated rings. The summed E-state index contributed by atoms with van der Waals surface area (Å²) in [6.07, 6.45) is 0.830. The Morgan fingerprint density at radius 2 is 1.87 bits per heavy atom. The molecule has 0 aliphatic rings. The predicted molar refractivity (Wildman–Crippen MR) is 93.0 cm³/mol. The van der Waals surface area contributed by atoms with E-state index in [0.717, 1.165) is 5.56 Å². The molecule has 0 unspecified atom stereocenters. The molecule has 2 aromatic rings. The van der Waals surface area contributed by atoms with Crippen LogP contribution in [0, 0.1) is 0 Å². The van der Waals surface area contributed by atoms with E-state index < -0.39 is 0 Å². The molecule has 6 heteroatoms. The lowest BCUT2D eigenvalue weighted by molar-refractivity contribution is -0.116. The summed E-state index contributed by atoms with van der Waals surface area (Å²) in [4.78, 5) is 12.1. The van der Waals surface area contributed by atoms with Gasteiger partial charge in [-0.1, -0.05) is 29.3 Å². The molecule has 0 aliphatic carbocycles. The second-order valence-corrected chi connectivity index (χ2v) is 5.69. The number of rotatable bonds is 6. The molecule has 0 bridgehead atoms. The molecule has 2 rings (SSSR count). The zero-order valence-electron chi connectivity index (χ0n) is 12.9. The number of halogens is 2. The van der Waals surface area contributed by atoms with Gasteiger partial charge in [-0.3, -0.25) is 4.79 Å². The molecular formula is C17H17Cl2NO3. The van der Waals surface area contributed by atoms with Crippen LogP contribution in [-0.4, -0.2) is 20.1 Å². The second kappa shape index (κ2) is 8.09. The van der Waals surface area contributed by atoms with E-state index >= 15 is 0 Å². The van der Waals surface area contributed by atoms with Crippen LogP contribution in [0.5, 0.6) is 11.5 Å². The standard InChI is InChI=1S/C17H17Cl2NO3/c1-22-13-6-7-15(16(10-13)23-2)20-17(21)8-4-11-3-5-12(18)9-14(11)19/h3,5-7,9-10H,4,8H2,1-2H3,(H,20,21). The number of hydrogen-bond acceptors (Lipinski definition) is 3. The van der Waals surface area contributed by atoms with E-state index in [-0.39, 0.29) is 5.91 Å². The van der Waals surface area contributed by atoms with Gasteiger partial charge in [-0.25, -0.2) is 0 Å². The van der Waals surface area contributed by atoms with E-state index in [1.165, 1.54) is 7.11 Å². The minimum atomic E-state index is -0.125. The summed E-state index contributed by atoms with van der Waals surface area (Å²) in [6.45, 7) is 0. The fourth-order valence-electron chi connectivity index (χ4n) is 2.09. The fraction of sp³-hybridized carbons (Fsp3) is 0.235. The van der Waals surface area contributed by atoms with Gasteiger partial charge in [0.2, 0.25) is 5.91 Å². The van der Waals surface area contributed by atoms with E-state index in [2.05, 4.69) is 5.32 Å². The van der Waals surface area contributed by atoms with Crippen LogP contribution in [0.1, 0.15) is 12.0 Å². The maximum Gasteiger partial charge on any atom is 0.224 e. The maximum atomic E-state index is 12.1. The van der Waals surface area contributed by atoms with E-state index in [9.17, 15) is 4.79 Å². The molecule has 2 aromatic carbocycles. The molecule has 4 nitrogen and oxygen atoms in total. The van der Waals surface area contributed by atoms with E-state index in [1.807, 2.05) is 6.07 Å². The molecular weight excluding hydrogens is 337 g/mol. The average Bonchev–Trinajstić information content (AvgIpc) is 2.54. The molecule has 0 aliphatic heterocycles. The molecule has 0 spiro atoms. The third-order valence-electron chi connectivity index (χ3n) is 3.32. The van der Waals surface area contributed by atoms with Crippen molar-refractivity contribution in [3.05, 3.63) is 52.0 Å². The van der Waals surface area contributed by atoms with Gasteiger partial charge in [0, 0.05) is 22.5 Å². The van der Waals surface area contributed by atoms with Gasteiger partial charge in [-0.05, 0) is 36.2 Å². The first-order chi connectivity index (χ1) is 11.0. The summed E-state index contributed by atoms with van der Waals surface area (Å²) in [7, 11) is 3.11. The van der Waals surface area contributed by atoms with Crippen molar-refractivity contribution in [3.63, 3.8) is 0 Å². The highest BCUT2D eigenvalue weighted by molar-refractivity contribution is 6.35. The number of benzene rings is 2. The SMILES string of the molecule is COc1ccc(NC(=O)CCc2ccc(Cl)cc2Cl)c(OC)c1. The largest absolute Gasteiger partial charge is 0.497 e. The number of nitrogens with one attached hydrogen (secondary N) is 1. The van der Waals surface area contributed by atoms with Crippen molar-refractivity contribution < 1.29 is 14.3 Å². The smallest absolute Gasteiger partial charge is 0.224 e. The molecule has 122 valence electrons. The lowest BCUT2D eigenvalue weighted by atomic mass is 10.1. The van der Waals surface area contributed by atoms with Crippen LogP contribution in [0.25, 0.3) is 0 Å². The highest BCUT2D eigenvalue weighted by Gasteiger charge is 2.10. The Labute approximate surface area is 145 Å². The zero-order chi connectivity index (χ0) is 16.8. The number of amides is 1. The van der Waals surface area contributed by atoms with Gasteiger partial charge in [0.1, 0.15) is 11.5 Å². The number of methoxy groups -OCH3 is 2.